The lowest BCUT2D eigenvalue weighted by Crippen LogP contribution is -2.46. The third-order valence-corrected chi connectivity index (χ3v) is 3.56. The summed E-state index contributed by atoms with van der Waals surface area (Å²) in [6.45, 7) is 3.92. The van der Waals surface area contributed by atoms with E-state index in [1.165, 1.54) is 12.1 Å². The monoisotopic (exact) mass is 285 g/mol. The van der Waals surface area contributed by atoms with Crippen molar-refractivity contribution < 1.29 is 13.7 Å². The Kier molecular flexibility index (Phi) is 4.61. The van der Waals surface area contributed by atoms with E-state index < -0.39 is 17.4 Å². The first-order valence-electron chi connectivity index (χ1n) is 6.48. The maximum Gasteiger partial charge on any atom is 0.272 e. The van der Waals surface area contributed by atoms with Crippen LogP contribution in [0.15, 0.2) is 18.2 Å². The number of halogens is 2. The summed E-state index contributed by atoms with van der Waals surface area (Å²) in [4.78, 5) is 12.1. The Hall–Kier alpha value is -1.60. The normalized spacial score (nSPS) is 18.2. The van der Waals surface area contributed by atoms with Crippen LogP contribution in [0.1, 0.15) is 17.2 Å². The highest BCUT2D eigenvalue weighted by Crippen LogP contribution is 2.31. The first-order valence-corrected chi connectivity index (χ1v) is 6.48. The SMILES string of the molecule is Cc1ccc([C@H](C(F)F)N2CCNCC2)cc1[N+](=O)[O-]. The Morgan fingerprint density at radius 1 is 1.35 bits per heavy atom. The van der Waals surface area contributed by atoms with Crippen LogP contribution in [0.5, 0.6) is 0 Å². The summed E-state index contributed by atoms with van der Waals surface area (Å²) in [5, 5.41) is 14.0. The van der Waals surface area contributed by atoms with Crippen LogP contribution >= 0.6 is 0 Å². The lowest BCUT2D eigenvalue weighted by Gasteiger charge is -2.34. The van der Waals surface area contributed by atoms with Gasteiger partial charge in [0.05, 0.1) is 11.0 Å². The molecule has 0 spiro atoms. The van der Waals surface area contributed by atoms with Gasteiger partial charge in [-0.15, -0.1) is 0 Å². The van der Waals surface area contributed by atoms with Crippen LogP contribution in [-0.2, 0) is 0 Å². The third kappa shape index (κ3) is 3.10. The maximum atomic E-state index is 13.4. The van der Waals surface area contributed by atoms with E-state index in [1.54, 1.807) is 17.9 Å². The lowest BCUT2D eigenvalue weighted by molar-refractivity contribution is -0.385. The topological polar surface area (TPSA) is 58.4 Å². The summed E-state index contributed by atoms with van der Waals surface area (Å²) < 4.78 is 26.7. The number of nitrogens with one attached hydrogen (secondary N) is 1. The zero-order chi connectivity index (χ0) is 14.7. The second-order valence-corrected chi connectivity index (χ2v) is 4.87. The Morgan fingerprint density at radius 2 is 2.00 bits per heavy atom. The fourth-order valence-corrected chi connectivity index (χ4v) is 2.48. The van der Waals surface area contributed by atoms with Crippen LogP contribution < -0.4 is 5.32 Å². The Bertz CT molecular complexity index is 491. The van der Waals surface area contributed by atoms with Gasteiger partial charge in [0.25, 0.3) is 12.1 Å². The highest BCUT2D eigenvalue weighted by atomic mass is 19.3. The summed E-state index contributed by atoms with van der Waals surface area (Å²) in [5.41, 5.74) is 0.676. The van der Waals surface area contributed by atoms with E-state index in [1.807, 2.05) is 0 Å². The number of hydrogen-bond donors (Lipinski definition) is 1. The molecule has 5 nitrogen and oxygen atoms in total. The molecule has 0 aliphatic carbocycles. The number of piperazine rings is 1. The van der Waals surface area contributed by atoms with Crippen molar-refractivity contribution in [2.45, 2.75) is 19.4 Å². The second-order valence-electron chi connectivity index (χ2n) is 4.87. The van der Waals surface area contributed by atoms with E-state index in [0.717, 1.165) is 0 Å². The number of aryl methyl sites for hydroxylation is 1. The van der Waals surface area contributed by atoms with E-state index in [0.29, 0.717) is 37.3 Å². The van der Waals surface area contributed by atoms with Gasteiger partial charge in [-0.25, -0.2) is 8.78 Å². The fraction of sp³-hybridized carbons (Fsp3) is 0.538. The van der Waals surface area contributed by atoms with Gasteiger partial charge < -0.3 is 5.32 Å². The molecule has 0 aromatic heterocycles. The fourth-order valence-electron chi connectivity index (χ4n) is 2.48. The van der Waals surface area contributed by atoms with Crippen LogP contribution in [0.4, 0.5) is 14.5 Å². The minimum Gasteiger partial charge on any atom is -0.314 e. The number of alkyl halides is 2. The minimum absolute atomic E-state index is 0.108. The van der Waals surface area contributed by atoms with E-state index in [9.17, 15) is 18.9 Å². The van der Waals surface area contributed by atoms with Crippen LogP contribution in [0.25, 0.3) is 0 Å². The van der Waals surface area contributed by atoms with Crippen molar-refractivity contribution in [1.82, 2.24) is 10.2 Å². The van der Waals surface area contributed by atoms with Crippen molar-refractivity contribution in [3.8, 4) is 0 Å². The minimum atomic E-state index is -2.57. The largest absolute Gasteiger partial charge is 0.314 e. The summed E-state index contributed by atoms with van der Waals surface area (Å²) in [6, 6.07) is 3.27. The molecular formula is C13H17F2N3O2. The standard InChI is InChI=1S/C13H17F2N3O2/c1-9-2-3-10(8-11(9)18(19)20)12(13(14)15)17-6-4-16-5-7-17/h2-3,8,12-13,16H,4-7H2,1H3/t12-/m1/s1. The summed E-state index contributed by atoms with van der Waals surface area (Å²) in [7, 11) is 0. The molecule has 1 N–H and O–H groups in total. The summed E-state index contributed by atoms with van der Waals surface area (Å²) in [5.74, 6) is 0. The molecule has 1 aromatic carbocycles. The molecule has 1 aromatic rings. The van der Waals surface area contributed by atoms with E-state index in [2.05, 4.69) is 5.32 Å². The van der Waals surface area contributed by atoms with Gasteiger partial charge in [-0.3, -0.25) is 15.0 Å². The Balaban J connectivity index is 2.33. The summed E-state index contributed by atoms with van der Waals surface area (Å²) in [6.07, 6.45) is -2.57. The van der Waals surface area contributed by atoms with Gasteiger partial charge in [0, 0.05) is 37.8 Å². The average Bonchev–Trinajstić information content (AvgIpc) is 2.41. The molecule has 1 saturated heterocycles. The molecular weight excluding hydrogens is 268 g/mol. The first kappa shape index (κ1) is 14.8. The quantitative estimate of drug-likeness (QED) is 0.680. The van der Waals surface area contributed by atoms with Crippen molar-refractivity contribution in [1.29, 1.82) is 0 Å². The average molecular weight is 285 g/mol. The van der Waals surface area contributed by atoms with Crippen molar-refractivity contribution in [2.24, 2.45) is 0 Å². The number of nitrogens with zero attached hydrogens (tertiary/aromatic N) is 2. The van der Waals surface area contributed by atoms with E-state index >= 15 is 0 Å². The van der Waals surface area contributed by atoms with E-state index in [-0.39, 0.29) is 5.69 Å². The predicted molar refractivity (Wildman–Crippen MR) is 71.0 cm³/mol. The highest BCUT2D eigenvalue weighted by molar-refractivity contribution is 5.43. The molecule has 1 heterocycles. The zero-order valence-electron chi connectivity index (χ0n) is 11.2. The Morgan fingerprint density at radius 3 is 2.55 bits per heavy atom. The molecule has 110 valence electrons. The van der Waals surface area contributed by atoms with Gasteiger partial charge in [-0.1, -0.05) is 12.1 Å². The molecule has 1 aliphatic heterocycles. The van der Waals surface area contributed by atoms with Crippen LogP contribution in [0.2, 0.25) is 0 Å². The number of hydrogen-bond acceptors (Lipinski definition) is 4. The lowest BCUT2D eigenvalue weighted by atomic mass is 10.0. The predicted octanol–water partition coefficient (Wildman–Crippen LogP) is 2.11. The molecule has 0 unspecified atom stereocenters. The van der Waals surface area contributed by atoms with Crippen LogP contribution in [0, 0.1) is 17.0 Å². The van der Waals surface area contributed by atoms with Crippen molar-refractivity contribution >= 4 is 5.69 Å². The molecule has 0 radical (unpaired) electrons. The van der Waals surface area contributed by atoms with Gasteiger partial charge in [0.15, 0.2) is 0 Å². The van der Waals surface area contributed by atoms with Gasteiger partial charge in [0.2, 0.25) is 0 Å². The van der Waals surface area contributed by atoms with Gasteiger partial charge in [-0.05, 0) is 12.5 Å². The van der Waals surface area contributed by atoms with Gasteiger partial charge in [-0.2, -0.15) is 0 Å². The molecule has 0 saturated carbocycles. The highest BCUT2D eigenvalue weighted by Gasteiger charge is 2.31. The maximum absolute atomic E-state index is 13.4. The number of nitro groups is 1. The smallest absolute Gasteiger partial charge is 0.272 e. The molecule has 1 fully saturated rings. The van der Waals surface area contributed by atoms with Crippen LogP contribution in [-0.4, -0.2) is 42.4 Å². The van der Waals surface area contributed by atoms with Crippen molar-refractivity contribution in [3.05, 3.63) is 39.4 Å². The second kappa shape index (κ2) is 6.23. The summed E-state index contributed by atoms with van der Waals surface area (Å²) >= 11 is 0. The molecule has 20 heavy (non-hydrogen) atoms. The van der Waals surface area contributed by atoms with Crippen molar-refractivity contribution in [2.75, 3.05) is 26.2 Å². The Labute approximate surface area is 115 Å². The zero-order valence-corrected chi connectivity index (χ0v) is 11.2. The van der Waals surface area contributed by atoms with Crippen LogP contribution in [0.3, 0.4) is 0 Å². The third-order valence-electron chi connectivity index (χ3n) is 3.56. The van der Waals surface area contributed by atoms with Gasteiger partial charge >= 0.3 is 0 Å². The molecule has 0 amide bonds. The molecule has 2 rings (SSSR count). The molecule has 0 bridgehead atoms. The number of rotatable bonds is 4. The van der Waals surface area contributed by atoms with E-state index in [4.69, 9.17) is 0 Å². The van der Waals surface area contributed by atoms with Gasteiger partial charge in [0.1, 0.15) is 0 Å². The molecule has 1 aliphatic rings. The first-order chi connectivity index (χ1) is 9.50. The number of nitro benzene ring substituents is 1. The molecule has 1 atom stereocenters. The van der Waals surface area contributed by atoms with Crippen molar-refractivity contribution in [3.63, 3.8) is 0 Å². The number of benzene rings is 1. The molecule has 7 heteroatoms.